The molecule has 2 aromatic carbocycles. The number of benzene rings is 2. The van der Waals surface area contributed by atoms with E-state index in [0.717, 1.165) is 30.0 Å². The van der Waals surface area contributed by atoms with E-state index in [2.05, 4.69) is 9.89 Å². The molecule has 2 heterocycles. The molecule has 5 heteroatoms. The second-order valence-electron chi connectivity index (χ2n) is 5.92. The maximum absolute atomic E-state index is 13.0. The number of morpholine rings is 1. The predicted octanol–water partition coefficient (Wildman–Crippen LogP) is 2.44. The van der Waals surface area contributed by atoms with Crippen LogP contribution in [0.25, 0.3) is 0 Å². The number of hydrogen-bond donors (Lipinski definition) is 0. The first-order chi connectivity index (χ1) is 11.8. The van der Waals surface area contributed by atoms with Crippen molar-refractivity contribution in [1.29, 1.82) is 0 Å². The first-order valence-corrected chi connectivity index (χ1v) is 8.18. The van der Waals surface area contributed by atoms with E-state index < -0.39 is 0 Å². The van der Waals surface area contributed by atoms with Crippen LogP contribution in [0.4, 0.5) is 11.4 Å². The summed E-state index contributed by atoms with van der Waals surface area (Å²) in [5.74, 6) is -0.0356. The van der Waals surface area contributed by atoms with Gasteiger partial charge in [0.25, 0.3) is 5.91 Å². The van der Waals surface area contributed by atoms with Gasteiger partial charge in [-0.2, -0.15) is 0 Å². The summed E-state index contributed by atoms with van der Waals surface area (Å²) < 4.78 is 5.39. The number of carbonyl (C=O) groups is 1. The number of para-hydroxylation sites is 2. The van der Waals surface area contributed by atoms with Crippen LogP contribution in [-0.2, 0) is 9.53 Å². The number of anilines is 1. The zero-order chi connectivity index (χ0) is 16.4. The summed E-state index contributed by atoms with van der Waals surface area (Å²) in [5.41, 5.74) is 3.15. The van der Waals surface area contributed by atoms with Crippen molar-refractivity contribution in [2.75, 3.05) is 37.9 Å². The van der Waals surface area contributed by atoms with Gasteiger partial charge in [-0.3, -0.25) is 14.6 Å². The number of amides is 1. The number of fused-ring (bicyclic) bond motifs is 1. The molecule has 0 spiro atoms. The first-order valence-electron chi connectivity index (χ1n) is 8.18. The minimum atomic E-state index is -0.0356. The molecule has 24 heavy (non-hydrogen) atoms. The van der Waals surface area contributed by atoms with E-state index in [-0.39, 0.29) is 5.91 Å². The Morgan fingerprint density at radius 2 is 1.67 bits per heavy atom. The number of rotatable bonds is 3. The van der Waals surface area contributed by atoms with Crippen molar-refractivity contribution in [3.63, 3.8) is 0 Å². The molecule has 1 amide bonds. The zero-order valence-corrected chi connectivity index (χ0v) is 13.4. The van der Waals surface area contributed by atoms with Gasteiger partial charge < -0.3 is 4.74 Å². The topological polar surface area (TPSA) is 45.1 Å². The molecule has 122 valence electrons. The van der Waals surface area contributed by atoms with E-state index >= 15 is 0 Å². The lowest BCUT2D eigenvalue weighted by Gasteiger charge is -2.30. The summed E-state index contributed by atoms with van der Waals surface area (Å²) in [4.78, 5) is 21.6. The fraction of sp³-hybridized carbons (Fsp3) is 0.263. The van der Waals surface area contributed by atoms with Gasteiger partial charge in [0.1, 0.15) is 5.71 Å². The van der Waals surface area contributed by atoms with E-state index in [0.29, 0.717) is 25.6 Å². The van der Waals surface area contributed by atoms with E-state index in [1.54, 1.807) is 0 Å². The Bertz CT molecular complexity index is 767. The van der Waals surface area contributed by atoms with Crippen LogP contribution in [0.5, 0.6) is 0 Å². The van der Waals surface area contributed by atoms with Crippen LogP contribution in [0, 0.1) is 0 Å². The average molecular weight is 321 g/mol. The number of nitrogens with zero attached hydrogens (tertiary/aromatic N) is 3. The third kappa shape index (κ3) is 2.84. The Hall–Kier alpha value is -2.50. The SMILES string of the molecule is O=C1C(=Nc2ccccc2)c2ccccc2N1CN1CCOCC1. The molecule has 2 aromatic rings. The quantitative estimate of drug-likeness (QED) is 0.872. The van der Waals surface area contributed by atoms with Gasteiger partial charge in [-0.05, 0) is 18.2 Å². The monoisotopic (exact) mass is 321 g/mol. The molecule has 0 aromatic heterocycles. The summed E-state index contributed by atoms with van der Waals surface area (Å²) in [6.45, 7) is 3.70. The normalized spacial score (nSPS) is 19.8. The molecular weight excluding hydrogens is 302 g/mol. The van der Waals surface area contributed by atoms with Crippen molar-refractivity contribution >= 4 is 23.0 Å². The van der Waals surface area contributed by atoms with Gasteiger partial charge >= 0.3 is 0 Å². The Balaban J connectivity index is 1.67. The smallest absolute Gasteiger partial charge is 0.278 e. The number of ether oxygens (including phenoxy) is 1. The summed E-state index contributed by atoms with van der Waals surface area (Å²) in [6.07, 6.45) is 0. The maximum atomic E-state index is 13.0. The van der Waals surface area contributed by atoms with Gasteiger partial charge in [-0.1, -0.05) is 36.4 Å². The zero-order valence-electron chi connectivity index (χ0n) is 13.4. The average Bonchev–Trinajstić information content (AvgIpc) is 2.90. The maximum Gasteiger partial charge on any atom is 0.278 e. The van der Waals surface area contributed by atoms with Gasteiger partial charge in [-0.25, -0.2) is 4.99 Å². The molecule has 0 aliphatic carbocycles. The molecule has 4 rings (SSSR count). The lowest BCUT2D eigenvalue weighted by atomic mass is 10.1. The summed E-state index contributed by atoms with van der Waals surface area (Å²) in [7, 11) is 0. The van der Waals surface area contributed by atoms with Crippen LogP contribution in [0.1, 0.15) is 5.56 Å². The Morgan fingerprint density at radius 1 is 0.958 bits per heavy atom. The highest BCUT2D eigenvalue weighted by molar-refractivity contribution is 6.54. The number of hydrogen-bond acceptors (Lipinski definition) is 4. The van der Waals surface area contributed by atoms with Crippen molar-refractivity contribution in [2.45, 2.75) is 0 Å². The Kier molecular flexibility index (Phi) is 4.11. The minimum absolute atomic E-state index is 0.0356. The van der Waals surface area contributed by atoms with E-state index in [4.69, 9.17) is 4.74 Å². The highest BCUT2D eigenvalue weighted by Crippen LogP contribution is 2.30. The number of aliphatic imine (C=N–C) groups is 1. The van der Waals surface area contributed by atoms with Crippen LogP contribution >= 0.6 is 0 Å². The molecular formula is C19H19N3O2. The molecule has 0 atom stereocenters. The van der Waals surface area contributed by atoms with Crippen molar-refractivity contribution < 1.29 is 9.53 Å². The molecule has 0 radical (unpaired) electrons. The standard InChI is InChI=1S/C19H19N3O2/c23-19-18(20-15-6-2-1-3-7-15)16-8-4-5-9-17(16)22(19)14-21-10-12-24-13-11-21/h1-9H,10-14H2. The largest absolute Gasteiger partial charge is 0.379 e. The first kappa shape index (κ1) is 15.1. The lowest BCUT2D eigenvalue weighted by Crippen LogP contribution is -2.45. The molecule has 0 unspecified atom stereocenters. The molecule has 5 nitrogen and oxygen atoms in total. The second-order valence-corrected chi connectivity index (χ2v) is 5.92. The van der Waals surface area contributed by atoms with E-state index in [9.17, 15) is 4.79 Å². The highest BCUT2D eigenvalue weighted by atomic mass is 16.5. The van der Waals surface area contributed by atoms with Gasteiger partial charge in [0.05, 0.1) is 31.3 Å². The van der Waals surface area contributed by atoms with E-state index in [1.165, 1.54) is 0 Å². The van der Waals surface area contributed by atoms with Crippen molar-refractivity contribution in [1.82, 2.24) is 4.90 Å². The van der Waals surface area contributed by atoms with Crippen LogP contribution < -0.4 is 4.90 Å². The van der Waals surface area contributed by atoms with Crippen LogP contribution in [0.2, 0.25) is 0 Å². The predicted molar refractivity (Wildman–Crippen MR) is 93.8 cm³/mol. The molecule has 1 saturated heterocycles. The highest BCUT2D eigenvalue weighted by Gasteiger charge is 2.34. The molecule has 2 aliphatic rings. The van der Waals surface area contributed by atoms with Crippen LogP contribution in [-0.4, -0.2) is 49.5 Å². The van der Waals surface area contributed by atoms with Crippen LogP contribution in [0.15, 0.2) is 59.6 Å². The van der Waals surface area contributed by atoms with Gasteiger partial charge in [0, 0.05) is 18.7 Å². The summed E-state index contributed by atoms with van der Waals surface area (Å²) in [5, 5.41) is 0. The summed E-state index contributed by atoms with van der Waals surface area (Å²) in [6, 6.07) is 17.5. The lowest BCUT2D eigenvalue weighted by molar-refractivity contribution is -0.112. The Labute approximate surface area is 141 Å². The Morgan fingerprint density at radius 3 is 2.46 bits per heavy atom. The fourth-order valence-electron chi connectivity index (χ4n) is 3.08. The van der Waals surface area contributed by atoms with Crippen molar-refractivity contribution in [3.05, 3.63) is 60.2 Å². The van der Waals surface area contributed by atoms with E-state index in [1.807, 2.05) is 59.5 Å². The molecule has 0 bridgehead atoms. The minimum Gasteiger partial charge on any atom is -0.379 e. The third-order valence-electron chi connectivity index (χ3n) is 4.34. The van der Waals surface area contributed by atoms with Crippen molar-refractivity contribution in [2.24, 2.45) is 4.99 Å². The van der Waals surface area contributed by atoms with Crippen molar-refractivity contribution in [3.8, 4) is 0 Å². The summed E-state index contributed by atoms with van der Waals surface area (Å²) >= 11 is 0. The van der Waals surface area contributed by atoms with Crippen LogP contribution in [0.3, 0.4) is 0 Å². The fourth-order valence-corrected chi connectivity index (χ4v) is 3.08. The third-order valence-corrected chi connectivity index (χ3v) is 4.34. The molecule has 0 N–H and O–H groups in total. The van der Waals surface area contributed by atoms with Gasteiger partial charge in [0.15, 0.2) is 0 Å². The van der Waals surface area contributed by atoms with Gasteiger partial charge in [-0.15, -0.1) is 0 Å². The second kappa shape index (κ2) is 6.55. The molecule has 2 aliphatic heterocycles. The number of carbonyl (C=O) groups excluding carboxylic acids is 1. The molecule has 1 fully saturated rings. The molecule has 0 saturated carbocycles. The van der Waals surface area contributed by atoms with Gasteiger partial charge in [0.2, 0.25) is 0 Å².